The summed E-state index contributed by atoms with van der Waals surface area (Å²) in [6.45, 7) is 3.29. The molecule has 0 bridgehead atoms. The van der Waals surface area contributed by atoms with Crippen molar-refractivity contribution in [3.8, 4) is 5.75 Å². The quantitative estimate of drug-likeness (QED) is 0.883. The smallest absolute Gasteiger partial charge is 0.410 e. The fourth-order valence-corrected chi connectivity index (χ4v) is 2.43. The van der Waals surface area contributed by atoms with Crippen molar-refractivity contribution in [2.24, 2.45) is 0 Å². The normalized spacial score (nSPS) is 19.9. The fraction of sp³-hybridized carbons (Fsp3) is 0.533. The summed E-state index contributed by atoms with van der Waals surface area (Å²) >= 11 is 0. The summed E-state index contributed by atoms with van der Waals surface area (Å²) in [6, 6.07) is 7.23. The van der Waals surface area contributed by atoms with E-state index in [-0.39, 0.29) is 12.1 Å². The molecule has 5 heteroatoms. The van der Waals surface area contributed by atoms with Gasteiger partial charge in [0, 0.05) is 19.1 Å². The Hall–Kier alpha value is -1.59. The van der Waals surface area contributed by atoms with E-state index in [1.165, 1.54) is 0 Å². The van der Waals surface area contributed by atoms with Crippen LogP contribution < -0.4 is 10.1 Å². The molecular weight excluding hydrogens is 256 g/mol. The molecule has 1 heterocycles. The van der Waals surface area contributed by atoms with Crippen LogP contribution in [0.15, 0.2) is 24.3 Å². The highest BCUT2D eigenvalue weighted by atomic mass is 16.6. The van der Waals surface area contributed by atoms with Gasteiger partial charge in [0.2, 0.25) is 0 Å². The first kappa shape index (κ1) is 14.8. The number of carbonyl (C=O) groups is 1. The van der Waals surface area contributed by atoms with Crippen molar-refractivity contribution >= 4 is 6.09 Å². The Balaban J connectivity index is 1.95. The Morgan fingerprint density at radius 1 is 1.50 bits per heavy atom. The molecule has 1 aromatic rings. The fourth-order valence-electron chi connectivity index (χ4n) is 2.43. The van der Waals surface area contributed by atoms with Crippen LogP contribution in [-0.4, -0.2) is 42.3 Å². The molecule has 5 nitrogen and oxygen atoms in total. The van der Waals surface area contributed by atoms with E-state index in [0.717, 1.165) is 24.9 Å². The summed E-state index contributed by atoms with van der Waals surface area (Å²) in [4.78, 5) is 13.7. The third-order valence-electron chi connectivity index (χ3n) is 3.65. The number of hydrogen-bond donors (Lipinski definition) is 2. The van der Waals surface area contributed by atoms with Gasteiger partial charge < -0.3 is 20.1 Å². The number of nitrogens with zero attached hydrogens (tertiary/aromatic N) is 1. The number of likely N-dealkylation sites (tertiary alicyclic amines) is 1. The van der Waals surface area contributed by atoms with Crippen LogP contribution in [0.2, 0.25) is 0 Å². The SMILES string of the molecule is CNCC(O)c1ccc(OC(=O)N2CCC[C@H]2C)cc1. The largest absolute Gasteiger partial charge is 0.415 e. The van der Waals surface area contributed by atoms with Gasteiger partial charge in [0.1, 0.15) is 5.75 Å². The zero-order chi connectivity index (χ0) is 14.5. The highest BCUT2D eigenvalue weighted by molar-refractivity contribution is 5.71. The molecule has 1 aliphatic rings. The van der Waals surface area contributed by atoms with Crippen LogP contribution in [0.1, 0.15) is 31.4 Å². The minimum absolute atomic E-state index is 0.249. The van der Waals surface area contributed by atoms with Crippen molar-refractivity contribution < 1.29 is 14.6 Å². The molecule has 1 unspecified atom stereocenters. The standard InChI is InChI=1S/C15H22N2O3/c1-11-4-3-9-17(11)15(19)20-13-7-5-12(6-8-13)14(18)10-16-2/h5-8,11,14,16,18H,3-4,9-10H2,1-2H3/t11-,14?/m1/s1. The van der Waals surface area contributed by atoms with Crippen LogP contribution in [-0.2, 0) is 0 Å². The Bertz CT molecular complexity index is 447. The monoisotopic (exact) mass is 278 g/mol. The minimum atomic E-state index is -0.552. The molecule has 0 spiro atoms. The van der Waals surface area contributed by atoms with Gasteiger partial charge in [-0.1, -0.05) is 12.1 Å². The van der Waals surface area contributed by atoms with Crippen molar-refractivity contribution in [3.63, 3.8) is 0 Å². The van der Waals surface area contributed by atoms with E-state index in [4.69, 9.17) is 4.74 Å². The van der Waals surface area contributed by atoms with E-state index < -0.39 is 6.10 Å². The molecule has 1 aliphatic heterocycles. The van der Waals surface area contributed by atoms with Gasteiger partial charge in [0.05, 0.1) is 6.10 Å². The van der Waals surface area contributed by atoms with Gasteiger partial charge >= 0.3 is 6.09 Å². The number of benzene rings is 1. The molecule has 0 radical (unpaired) electrons. The molecule has 0 aromatic heterocycles. The number of hydrogen-bond acceptors (Lipinski definition) is 4. The first-order valence-corrected chi connectivity index (χ1v) is 7.03. The highest BCUT2D eigenvalue weighted by Crippen LogP contribution is 2.21. The topological polar surface area (TPSA) is 61.8 Å². The van der Waals surface area contributed by atoms with Gasteiger partial charge in [-0.3, -0.25) is 0 Å². The lowest BCUT2D eigenvalue weighted by Gasteiger charge is -2.20. The molecule has 2 atom stereocenters. The molecular formula is C15H22N2O3. The van der Waals surface area contributed by atoms with Crippen LogP contribution in [0.3, 0.4) is 0 Å². The van der Waals surface area contributed by atoms with E-state index in [1.807, 2.05) is 6.92 Å². The zero-order valence-electron chi connectivity index (χ0n) is 12.0. The van der Waals surface area contributed by atoms with Gasteiger partial charge in [0.15, 0.2) is 0 Å². The van der Waals surface area contributed by atoms with E-state index in [9.17, 15) is 9.90 Å². The molecule has 2 rings (SSSR count). The summed E-state index contributed by atoms with van der Waals surface area (Å²) < 4.78 is 5.35. The Morgan fingerprint density at radius 3 is 2.75 bits per heavy atom. The predicted octanol–water partition coefficient (Wildman–Crippen LogP) is 1.92. The molecule has 0 saturated carbocycles. The van der Waals surface area contributed by atoms with Crippen molar-refractivity contribution in [2.45, 2.75) is 31.9 Å². The van der Waals surface area contributed by atoms with Crippen molar-refractivity contribution in [1.82, 2.24) is 10.2 Å². The van der Waals surface area contributed by atoms with Crippen molar-refractivity contribution in [2.75, 3.05) is 20.1 Å². The van der Waals surface area contributed by atoms with Crippen LogP contribution in [0.5, 0.6) is 5.75 Å². The second-order valence-electron chi connectivity index (χ2n) is 5.20. The number of likely N-dealkylation sites (N-methyl/N-ethyl adjacent to an activating group) is 1. The molecule has 110 valence electrons. The summed E-state index contributed by atoms with van der Waals surface area (Å²) in [5, 5.41) is 12.7. The summed E-state index contributed by atoms with van der Waals surface area (Å²) in [5.41, 5.74) is 0.800. The van der Waals surface area contributed by atoms with Crippen molar-refractivity contribution in [1.29, 1.82) is 0 Å². The number of aliphatic hydroxyl groups excluding tert-OH is 1. The minimum Gasteiger partial charge on any atom is -0.410 e. The second-order valence-corrected chi connectivity index (χ2v) is 5.20. The second kappa shape index (κ2) is 6.72. The molecule has 0 aliphatic carbocycles. The molecule has 1 amide bonds. The summed E-state index contributed by atoms with van der Waals surface area (Å²) in [5.74, 6) is 0.509. The van der Waals surface area contributed by atoms with Crippen LogP contribution in [0, 0.1) is 0 Å². The Morgan fingerprint density at radius 2 is 2.20 bits per heavy atom. The van der Waals surface area contributed by atoms with Crippen LogP contribution >= 0.6 is 0 Å². The van der Waals surface area contributed by atoms with Gasteiger partial charge in [-0.2, -0.15) is 0 Å². The number of carbonyl (C=O) groups excluding carboxylic acids is 1. The lowest BCUT2D eigenvalue weighted by Crippen LogP contribution is -2.35. The molecule has 20 heavy (non-hydrogen) atoms. The van der Waals surface area contributed by atoms with E-state index in [1.54, 1.807) is 36.2 Å². The number of ether oxygens (including phenoxy) is 1. The van der Waals surface area contributed by atoms with E-state index in [0.29, 0.717) is 12.3 Å². The van der Waals surface area contributed by atoms with Crippen LogP contribution in [0.4, 0.5) is 4.79 Å². The van der Waals surface area contributed by atoms with E-state index in [2.05, 4.69) is 5.32 Å². The first-order chi connectivity index (χ1) is 9.61. The maximum atomic E-state index is 12.0. The number of amides is 1. The predicted molar refractivity (Wildman–Crippen MR) is 76.8 cm³/mol. The highest BCUT2D eigenvalue weighted by Gasteiger charge is 2.26. The Labute approximate surface area is 119 Å². The number of nitrogens with one attached hydrogen (secondary N) is 1. The first-order valence-electron chi connectivity index (χ1n) is 7.03. The van der Waals surface area contributed by atoms with Crippen LogP contribution in [0.25, 0.3) is 0 Å². The summed E-state index contributed by atoms with van der Waals surface area (Å²) in [7, 11) is 1.79. The molecule has 1 fully saturated rings. The summed E-state index contributed by atoms with van der Waals surface area (Å²) in [6.07, 6.45) is 1.22. The third kappa shape index (κ3) is 3.49. The van der Waals surface area contributed by atoms with Gasteiger partial charge in [0.25, 0.3) is 0 Å². The molecule has 2 N–H and O–H groups in total. The van der Waals surface area contributed by atoms with Gasteiger partial charge in [-0.15, -0.1) is 0 Å². The maximum absolute atomic E-state index is 12.0. The van der Waals surface area contributed by atoms with E-state index >= 15 is 0 Å². The molecule has 1 saturated heterocycles. The maximum Gasteiger partial charge on any atom is 0.415 e. The molecule has 1 aromatic carbocycles. The average Bonchev–Trinajstić information content (AvgIpc) is 2.86. The lowest BCUT2D eigenvalue weighted by atomic mass is 10.1. The third-order valence-corrected chi connectivity index (χ3v) is 3.65. The lowest BCUT2D eigenvalue weighted by molar-refractivity contribution is 0.150. The number of aliphatic hydroxyl groups is 1. The average molecular weight is 278 g/mol. The number of rotatable bonds is 4. The van der Waals surface area contributed by atoms with Gasteiger partial charge in [-0.05, 0) is 44.5 Å². The van der Waals surface area contributed by atoms with Gasteiger partial charge in [-0.25, -0.2) is 4.79 Å². The van der Waals surface area contributed by atoms with Crippen molar-refractivity contribution in [3.05, 3.63) is 29.8 Å². The zero-order valence-corrected chi connectivity index (χ0v) is 12.0. The Kier molecular flexibility index (Phi) is 4.98.